The van der Waals surface area contributed by atoms with Crippen molar-refractivity contribution in [2.45, 2.75) is 53.1 Å². The molecular weight excluding hydrogens is 267 g/mol. The third kappa shape index (κ3) is 4.18. The minimum atomic E-state index is -1.17. The molecule has 0 spiro atoms. The fourth-order valence-corrected chi connectivity index (χ4v) is 7.01. The van der Waals surface area contributed by atoms with Crippen LogP contribution >= 0.6 is 7.26 Å². The Hall–Kier alpha value is 0.350. The van der Waals surface area contributed by atoms with E-state index in [0.29, 0.717) is 6.10 Å². The van der Waals surface area contributed by atoms with Gasteiger partial charge in [0.05, 0.1) is 0 Å². The van der Waals surface area contributed by atoms with Crippen molar-refractivity contribution in [1.82, 2.24) is 0 Å². The monoisotopic (exact) mass is 302 g/mol. The molecule has 2 unspecified atom stereocenters. The SMILES string of the molecule is CC[PH]1(CO[C@H]2CC(C(C)C)CCC2C)CCOCC1. The third-order valence-electron chi connectivity index (χ3n) is 6.01. The molecule has 120 valence electrons. The van der Waals surface area contributed by atoms with Gasteiger partial charge in [0.15, 0.2) is 0 Å². The Morgan fingerprint density at radius 1 is 1.20 bits per heavy atom. The second-order valence-electron chi connectivity index (χ2n) is 7.61. The first-order chi connectivity index (χ1) is 9.56. The van der Waals surface area contributed by atoms with Crippen LogP contribution in [0.3, 0.4) is 0 Å². The van der Waals surface area contributed by atoms with Gasteiger partial charge in [-0.15, -0.1) is 0 Å². The first-order valence-electron chi connectivity index (χ1n) is 8.75. The quantitative estimate of drug-likeness (QED) is 0.708. The van der Waals surface area contributed by atoms with Crippen molar-refractivity contribution in [3.63, 3.8) is 0 Å². The molecule has 0 radical (unpaired) electrons. The van der Waals surface area contributed by atoms with Gasteiger partial charge in [-0.3, -0.25) is 0 Å². The average Bonchev–Trinajstić information content (AvgIpc) is 2.47. The summed E-state index contributed by atoms with van der Waals surface area (Å²) < 4.78 is 12.1. The van der Waals surface area contributed by atoms with Crippen molar-refractivity contribution in [2.75, 3.05) is 38.0 Å². The Kier molecular flexibility index (Phi) is 6.32. The average molecular weight is 302 g/mol. The maximum absolute atomic E-state index is 6.52. The van der Waals surface area contributed by atoms with Gasteiger partial charge < -0.3 is 0 Å². The van der Waals surface area contributed by atoms with Crippen molar-refractivity contribution < 1.29 is 9.47 Å². The van der Waals surface area contributed by atoms with E-state index in [9.17, 15) is 0 Å². The Balaban J connectivity index is 1.87. The Labute approximate surface area is 126 Å². The van der Waals surface area contributed by atoms with Crippen LogP contribution in [0.4, 0.5) is 0 Å². The first-order valence-corrected chi connectivity index (χ1v) is 11.6. The first kappa shape index (κ1) is 16.7. The van der Waals surface area contributed by atoms with Crippen molar-refractivity contribution >= 4 is 7.26 Å². The van der Waals surface area contributed by atoms with Crippen LogP contribution in [0.2, 0.25) is 0 Å². The predicted molar refractivity (Wildman–Crippen MR) is 90.5 cm³/mol. The van der Waals surface area contributed by atoms with E-state index in [2.05, 4.69) is 27.7 Å². The number of ether oxygens (including phenoxy) is 2. The summed E-state index contributed by atoms with van der Waals surface area (Å²) >= 11 is 0. The number of hydrogen-bond acceptors (Lipinski definition) is 2. The number of hydrogen-bond donors (Lipinski definition) is 0. The van der Waals surface area contributed by atoms with E-state index in [1.165, 1.54) is 37.7 Å². The molecule has 2 aliphatic rings. The van der Waals surface area contributed by atoms with Gasteiger partial charge in [-0.2, -0.15) is 0 Å². The van der Waals surface area contributed by atoms with Gasteiger partial charge in [0, 0.05) is 0 Å². The van der Waals surface area contributed by atoms with Gasteiger partial charge in [-0.25, -0.2) is 0 Å². The van der Waals surface area contributed by atoms with E-state index in [-0.39, 0.29) is 0 Å². The van der Waals surface area contributed by atoms with Crippen molar-refractivity contribution in [2.24, 2.45) is 17.8 Å². The van der Waals surface area contributed by atoms with Crippen LogP contribution in [0, 0.1) is 17.8 Å². The van der Waals surface area contributed by atoms with E-state index in [1.807, 2.05) is 0 Å². The molecule has 3 atom stereocenters. The molecule has 2 fully saturated rings. The van der Waals surface area contributed by atoms with Crippen LogP contribution in [-0.2, 0) is 9.47 Å². The summed E-state index contributed by atoms with van der Waals surface area (Å²) in [7, 11) is -1.17. The van der Waals surface area contributed by atoms with Gasteiger partial charge >= 0.3 is 126 Å². The second kappa shape index (κ2) is 7.56. The normalized spacial score (nSPS) is 36.0. The second-order valence-corrected chi connectivity index (χ2v) is 12.6. The van der Waals surface area contributed by atoms with Crippen LogP contribution < -0.4 is 0 Å². The summed E-state index contributed by atoms with van der Waals surface area (Å²) in [5, 5.41) is 0. The molecule has 0 bridgehead atoms. The maximum atomic E-state index is 6.52. The van der Waals surface area contributed by atoms with E-state index in [0.717, 1.165) is 37.3 Å². The molecule has 1 heterocycles. The van der Waals surface area contributed by atoms with Gasteiger partial charge in [-0.05, 0) is 0 Å². The fraction of sp³-hybridized carbons (Fsp3) is 1.00. The predicted octanol–water partition coefficient (Wildman–Crippen LogP) is 4.22. The van der Waals surface area contributed by atoms with Gasteiger partial charge in [0.2, 0.25) is 0 Å². The van der Waals surface area contributed by atoms with Crippen molar-refractivity contribution in [3.05, 3.63) is 0 Å². The van der Waals surface area contributed by atoms with Crippen LogP contribution in [0.25, 0.3) is 0 Å². The van der Waals surface area contributed by atoms with E-state index < -0.39 is 7.26 Å². The molecule has 2 rings (SSSR count). The molecule has 0 N–H and O–H groups in total. The molecule has 1 aliphatic heterocycles. The molecule has 1 aliphatic carbocycles. The van der Waals surface area contributed by atoms with Crippen molar-refractivity contribution in [3.8, 4) is 0 Å². The van der Waals surface area contributed by atoms with Crippen LogP contribution in [0.15, 0.2) is 0 Å². The number of rotatable bonds is 5. The van der Waals surface area contributed by atoms with E-state index in [4.69, 9.17) is 9.47 Å². The van der Waals surface area contributed by atoms with Crippen LogP contribution in [0.5, 0.6) is 0 Å². The molecule has 0 aromatic heterocycles. The molecule has 20 heavy (non-hydrogen) atoms. The standard InChI is InChI=1S/C17H35O2P/c1-5-20(10-8-18-9-11-20)13-19-17-12-16(14(2)3)7-6-15(17)4/h14-17,20H,5-13H2,1-4H3/t15?,16?,17-/m0/s1. The zero-order chi connectivity index (χ0) is 14.6. The van der Waals surface area contributed by atoms with Crippen LogP contribution in [0.1, 0.15) is 47.0 Å². The zero-order valence-electron chi connectivity index (χ0n) is 14.0. The molecule has 0 aromatic rings. The topological polar surface area (TPSA) is 18.5 Å². The summed E-state index contributed by atoms with van der Waals surface area (Å²) in [6, 6.07) is 0. The van der Waals surface area contributed by atoms with Crippen molar-refractivity contribution in [1.29, 1.82) is 0 Å². The van der Waals surface area contributed by atoms with Crippen LogP contribution in [-0.4, -0.2) is 44.2 Å². The summed E-state index contributed by atoms with van der Waals surface area (Å²) in [4.78, 5) is 0. The Morgan fingerprint density at radius 3 is 2.50 bits per heavy atom. The molecular formula is C17H35O2P. The summed E-state index contributed by atoms with van der Waals surface area (Å²) in [6.45, 7) is 11.5. The zero-order valence-corrected chi connectivity index (χ0v) is 15.0. The molecule has 3 heteroatoms. The fourth-order valence-electron chi connectivity index (χ4n) is 3.84. The minimum absolute atomic E-state index is 0.523. The summed E-state index contributed by atoms with van der Waals surface area (Å²) in [5.41, 5.74) is 0. The van der Waals surface area contributed by atoms with E-state index in [1.54, 1.807) is 0 Å². The Bertz CT molecular complexity index is 287. The Morgan fingerprint density at radius 2 is 1.90 bits per heavy atom. The van der Waals surface area contributed by atoms with Gasteiger partial charge in [0.25, 0.3) is 0 Å². The molecule has 0 amide bonds. The van der Waals surface area contributed by atoms with E-state index >= 15 is 0 Å². The summed E-state index contributed by atoms with van der Waals surface area (Å²) in [5.74, 6) is 2.45. The third-order valence-corrected chi connectivity index (χ3v) is 10.8. The molecule has 1 saturated heterocycles. The van der Waals surface area contributed by atoms with Gasteiger partial charge in [0.1, 0.15) is 0 Å². The summed E-state index contributed by atoms with van der Waals surface area (Å²) in [6.07, 6.45) is 9.67. The molecule has 2 nitrogen and oxygen atoms in total. The van der Waals surface area contributed by atoms with Gasteiger partial charge in [-0.1, -0.05) is 0 Å². The molecule has 0 aromatic carbocycles. The molecule has 1 saturated carbocycles.